The Morgan fingerprint density at radius 2 is 2.19 bits per heavy atom. The van der Waals surface area contributed by atoms with Crippen LogP contribution in [0.4, 0.5) is 5.69 Å². The van der Waals surface area contributed by atoms with Gasteiger partial charge in [-0.3, -0.25) is 4.79 Å². The van der Waals surface area contributed by atoms with E-state index < -0.39 is 10.0 Å². The van der Waals surface area contributed by atoms with Crippen LogP contribution in [0, 0.1) is 0 Å². The SMILES string of the molecule is CCCS(=O)(=O)NCCc1ccc2c(c1)NC(=O)CCO2. The number of hydrogen-bond acceptors (Lipinski definition) is 4. The van der Waals surface area contributed by atoms with Gasteiger partial charge in [-0.05, 0) is 30.5 Å². The minimum atomic E-state index is -3.18. The first-order valence-corrected chi connectivity index (χ1v) is 8.68. The Labute approximate surface area is 124 Å². The van der Waals surface area contributed by atoms with E-state index in [1.165, 1.54) is 0 Å². The van der Waals surface area contributed by atoms with Crippen LogP contribution in [0.25, 0.3) is 0 Å². The standard InChI is InChI=1S/C14H20N2O4S/c1-2-9-21(18,19)15-7-5-11-3-4-13-12(10-11)16-14(17)6-8-20-13/h3-4,10,15H,2,5-9H2,1H3,(H,16,17). The van der Waals surface area contributed by atoms with E-state index in [-0.39, 0.29) is 11.7 Å². The number of anilines is 1. The molecule has 2 rings (SSSR count). The molecule has 7 heteroatoms. The summed E-state index contributed by atoms with van der Waals surface area (Å²) in [5.74, 6) is 0.715. The van der Waals surface area contributed by atoms with E-state index in [2.05, 4.69) is 10.0 Å². The van der Waals surface area contributed by atoms with Crippen molar-refractivity contribution < 1.29 is 17.9 Å². The van der Waals surface area contributed by atoms with Crippen molar-refractivity contribution in [3.8, 4) is 5.75 Å². The summed E-state index contributed by atoms with van der Waals surface area (Å²) in [6, 6.07) is 5.51. The Morgan fingerprint density at radius 3 is 2.95 bits per heavy atom. The average molecular weight is 312 g/mol. The average Bonchev–Trinajstić information content (AvgIpc) is 2.58. The van der Waals surface area contributed by atoms with Gasteiger partial charge in [0, 0.05) is 6.54 Å². The van der Waals surface area contributed by atoms with Gasteiger partial charge < -0.3 is 10.1 Å². The predicted octanol–water partition coefficient (Wildman–Crippen LogP) is 1.28. The van der Waals surface area contributed by atoms with E-state index in [4.69, 9.17) is 4.74 Å². The van der Waals surface area contributed by atoms with Crippen molar-refractivity contribution >= 4 is 21.6 Å². The Balaban J connectivity index is 1.97. The third-order valence-electron chi connectivity index (χ3n) is 3.11. The summed E-state index contributed by atoms with van der Waals surface area (Å²) < 4.78 is 31.1. The number of fused-ring (bicyclic) bond motifs is 1. The molecule has 1 aliphatic rings. The van der Waals surface area contributed by atoms with Gasteiger partial charge in [-0.2, -0.15) is 0 Å². The van der Waals surface area contributed by atoms with Crippen molar-refractivity contribution in [1.29, 1.82) is 0 Å². The number of nitrogens with one attached hydrogen (secondary N) is 2. The molecule has 0 saturated heterocycles. The maximum Gasteiger partial charge on any atom is 0.227 e. The molecule has 0 unspecified atom stereocenters. The molecule has 6 nitrogen and oxygen atoms in total. The highest BCUT2D eigenvalue weighted by Crippen LogP contribution is 2.28. The summed E-state index contributed by atoms with van der Waals surface area (Å²) >= 11 is 0. The molecule has 1 heterocycles. The quantitative estimate of drug-likeness (QED) is 0.829. The minimum absolute atomic E-state index is 0.0745. The Bertz CT molecular complexity index is 613. The van der Waals surface area contributed by atoms with Crippen LogP contribution in [0.3, 0.4) is 0 Å². The smallest absolute Gasteiger partial charge is 0.227 e. The molecule has 0 atom stereocenters. The highest BCUT2D eigenvalue weighted by molar-refractivity contribution is 7.89. The van der Waals surface area contributed by atoms with Crippen LogP contribution in [-0.4, -0.2) is 33.2 Å². The second-order valence-electron chi connectivity index (χ2n) is 4.94. The van der Waals surface area contributed by atoms with Crippen LogP contribution >= 0.6 is 0 Å². The summed E-state index contributed by atoms with van der Waals surface area (Å²) in [5, 5.41) is 2.79. The highest BCUT2D eigenvalue weighted by Gasteiger charge is 2.14. The monoisotopic (exact) mass is 312 g/mol. The van der Waals surface area contributed by atoms with Crippen molar-refractivity contribution in [3.05, 3.63) is 23.8 Å². The fraction of sp³-hybridized carbons (Fsp3) is 0.500. The molecular weight excluding hydrogens is 292 g/mol. The number of ether oxygens (including phenoxy) is 1. The van der Waals surface area contributed by atoms with Crippen LogP contribution in [0.15, 0.2) is 18.2 Å². The minimum Gasteiger partial charge on any atom is -0.491 e. The summed E-state index contributed by atoms with van der Waals surface area (Å²) in [7, 11) is -3.18. The first-order valence-electron chi connectivity index (χ1n) is 7.03. The largest absolute Gasteiger partial charge is 0.491 e. The summed E-state index contributed by atoms with van der Waals surface area (Å²) in [6.45, 7) is 2.54. The van der Waals surface area contributed by atoms with Crippen molar-refractivity contribution in [2.45, 2.75) is 26.2 Å². The number of sulfonamides is 1. The van der Waals surface area contributed by atoms with Crippen molar-refractivity contribution in [2.24, 2.45) is 0 Å². The lowest BCUT2D eigenvalue weighted by Crippen LogP contribution is -2.28. The zero-order valence-electron chi connectivity index (χ0n) is 12.0. The molecule has 0 saturated carbocycles. The lowest BCUT2D eigenvalue weighted by atomic mass is 10.1. The highest BCUT2D eigenvalue weighted by atomic mass is 32.2. The topological polar surface area (TPSA) is 84.5 Å². The van der Waals surface area contributed by atoms with Crippen LogP contribution < -0.4 is 14.8 Å². The summed E-state index contributed by atoms with van der Waals surface area (Å²) in [6.07, 6.45) is 1.49. The van der Waals surface area contributed by atoms with Gasteiger partial charge in [-0.15, -0.1) is 0 Å². The van der Waals surface area contributed by atoms with Gasteiger partial charge in [0.1, 0.15) is 5.75 Å². The number of benzene rings is 1. The maximum absolute atomic E-state index is 11.6. The fourth-order valence-corrected chi connectivity index (χ4v) is 3.21. The number of carbonyl (C=O) groups excluding carboxylic acids is 1. The first-order chi connectivity index (χ1) is 10.00. The van der Waals surface area contributed by atoms with Crippen LogP contribution in [-0.2, 0) is 21.2 Å². The van der Waals surface area contributed by atoms with Gasteiger partial charge in [0.05, 0.1) is 24.5 Å². The number of amides is 1. The fourth-order valence-electron chi connectivity index (χ4n) is 2.11. The van der Waals surface area contributed by atoms with E-state index >= 15 is 0 Å². The molecule has 1 aromatic carbocycles. The van der Waals surface area contributed by atoms with E-state index in [0.717, 1.165) is 5.56 Å². The van der Waals surface area contributed by atoms with Crippen molar-refractivity contribution in [1.82, 2.24) is 4.72 Å². The van der Waals surface area contributed by atoms with E-state index in [1.54, 1.807) is 6.07 Å². The molecule has 2 N–H and O–H groups in total. The zero-order valence-corrected chi connectivity index (χ0v) is 12.8. The third-order valence-corrected chi connectivity index (χ3v) is 4.70. The Hall–Kier alpha value is -1.60. The van der Waals surface area contributed by atoms with Gasteiger partial charge in [-0.25, -0.2) is 13.1 Å². The molecule has 1 aliphatic heterocycles. The van der Waals surface area contributed by atoms with Gasteiger partial charge in [0.2, 0.25) is 15.9 Å². The third kappa shape index (κ3) is 4.71. The maximum atomic E-state index is 11.6. The van der Waals surface area contributed by atoms with E-state index in [0.29, 0.717) is 43.9 Å². The predicted molar refractivity (Wildman–Crippen MR) is 81.0 cm³/mol. The second-order valence-corrected chi connectivity index (χ2v) is 6.87. The molecule has 0 radical (unpaired) electrons. The van der Waals surface area contributed by atoms with E-state index in [9.17, 15) is 13.2 Å². The molecule has 0 fully saturated rings. The van der Waals surface area contributed by atoms with Gasteiger partial charge >= 0.3 is 0 Å². The lowest BCUT2D eigenvalue weighted by molar-refractivity contribution is -0.116. The van der Waals surface area contributed by atoms with Gasteiger partial charge in [0.15, 0.2) is 0 Å². The molecular formula is C14H20N2O4S. The Kier molecular flexibility index (Phi) is 5.19. The summed E-state index contributed by atoms with van der Waals surface area (Å²) in [5.41, 5.74) is 1.59. The van der Waals surface area contributed by atoms with Crippen LogP contribution in [0.1, 0.15) is 25.3 Å². The Morgan fingerprint density at radius 1 is 1.38 bits per heavy atom. The van der Waals surface area contributed by atoms with Crippen molar-refractivity contribution in [2.75, 3.05) is 24.2 Å². The van der Waals surface area contributed by atoms with Gasteiger partial charge in [-0.1, -0.05) is 13.0 Å². The van der Waals surface area contributed by atoms with Crippen LogP contribution in [0.5, 0.6) is 5.75 Å². The molecule has 116 valence electrons. The van der Waals surface area contributed by atoms with Gasteiger partial charge in [0.25, 0.3) is 0 Å². The molecule has 0 bridgehead atoms. The molecule has 0 aromatic heterocycles. The molecule has 0 spiro atoms. The lowest BCUT2D eigenvalue weighted by Gasteiger charge is -2.10. The molecule has 21 heavy (non-hydrogen) atoms. The van der Waals surface area contributed by atoms with E-state index in [1.807, 2.05) is 19.1 Å². The second kappa shape index (κ2) is 6.91. The number of rotatable bonds is 6. The molecule has 1 aromatic rings. The number of carbonyl (C=O) groups is 1. The summed E-state index contributed by atoms with van der Waals surface area (Å²) in [4.78, 5) is 11.5. The first kappa shape index (κ1) is 15.8. The molecule has 1 amide bonds. The van der Waals surface area contributed by atoms with Crippen molar-refractivity contribution in [3.63, 3.8) is 0 Å². The normalized spacial score (nSPS) is 14.8. The molecule has 0 aliphatic carbocycles. The number of hydrogen-bond donors (Lipinski definition) is 2. The zero-order chi connectivity index (χ0) is 15.3. The van der Waals surface area contributed by atoms with Crippen LogP contribution in [0.2, 0.25) is 0 Å².